The van der Waals surface area contributed by atoms with Crippen LogP contribution >= 0.6 is 0 Å². The van der Waals surface area contributed by atoms with Crippen molar-refractivity contribution in [2.45, 2.75) is 31.0 Å². The second-order valence-electron chi connectivity index (χ2n) is 6.21. The van der Waals surface area contributed by atoms with E-state index in [2.05, 4.69) is 25.9 Å². The first-order valence-corrected chi connectivity index (χ1v) is 8.06. The summed E-state index contributed by atoms with van der Waals surface area (Å²) in [6.45, 7) is 2.53. The Kier molecular flexibility index (Phi) is 3.83. The first kappa shape index (κ1) is 14.4. The van der Waals surface area contributed by atoms with Gasteiger partial charge in [-0.25, -0.2) is 9.97 Å². The topological polar surface area (TPSA) is 60.4 Å². The molecule has 2 atom stereocenters. The van der Waals surface area contributed by atoms with Crippen LogP contribution in [0.5, 0.6) is 6.01 Å². The summed E-state index contributed by atoms with van der Waals surface area (Å²) < 4.78 is 12.0. The molecule has 6 heteroatoms. The molecule has 1 spiro atoms. The summed E-state index contributed by atoms with van der Waals surface area (Å²) >= 11 is 0. The van der Waals surface area contributed by atoms with Gasteiger partial charge in [-0.15, -0.1) is 0 Å². The average Bonchev–Trinajstić information content (AvgIpc) is 2.98. The third kappa shape index (κ3) is 3.12. The Labute approximate surface area is 135 Å². The third-order valence-corrected chi connectivity index (χ3v) is 4.54. The molecule has 0 amide bonds. The number of hydrogen-bond acceptors (Lipinski definition) is 6. The molecule has 2 unspecified atom stereocenters. The van der Waals surface area contributed by atoms with E-state index in [9.17, 15) is 0 Å². The minimum atomic E-state index is -0.131. The summed E-state index contributed by atoms with van der Waals surface area (Å²) in [6.07, 6.45) is 10.2. The second kappa shape index (κ2) is 6.12. The Morgan fingerprint density at radius 3 is 2.96 bits per heavy atom. The van der Waals surface area contributed by atoms with Crippen molar-refractivity contribution < 1.29 is 9.47 Å². The van der Waals surface area contributed by atoms with Crippen LogP contribution < -0.4 is 9.64 Å². The van der Waals surface area contributed by atoms with Gasteiger partial charge in [-0.2, -0.15) is 0 Å². The predicted molar refractivity (Wildman–Crippen MR) is 85.4 cm³/mol. The van der Waals surface area contributed by atoms with Crippen LogP contribution in [0, 0.1) is 0 Å². The van der Waals surface area contributed by atoms with Gasteiger partial charge in [-0.05, 0) is 31.0 Å². The molecule has 6 nitrogen and oxygen atoms in total. The molecule has 4 heterocycles. The van der Waals surface area contributed by atoms with Crippen LogP contribution in [0.1, 0.15) is 19.3 Å². The normalized spacial score (nSPS) is 27.3. The molecule has 0 radical (unpaired) electrons. The molecule has 120 valence electrons. The van der Waals surface area contributed by atoms with Gasteiger partial charge in [0.25, 0.3) is 0 Å². The molecule has 4 rings (SSSR count). The Morgan fingerprint density at radius 2 is 2.13 bits per heavy atom. The molecule has 0 aromatic carbocycles. The van der Waals surface area contributed by atoms with Crippen molar-refractivity contribution in [3.63, 3.8) is 0 Å². The maximum Gasteiger partial charge on any atom is 0.316 e. The van der Waals surface area contributed by atoms with E-state index < -0.39 is 0 Å². The van der Waals surface area contributed by atoms with E-state index in [0.717, 1.165) is 38.0 Å². The lowest BCUT2D eigenvalue weighted by Crippen LogP contribution is -2.48. The smallest absolute Gasteiger partial charge is 0.316 e. The van der Waals surface area contributed by atoms with E-state index in [1.807, 2.05) is 12.3 Å². The number of nitrogens with zero attached hydrogens (tertiary/aromatic N) is 4. The van der Waals surface area contributed by atoms with Crippen molar-refractivity contribution in [3.05, 3.63) is 43.0 Å². The Morgan fingerprint density at radius 1 is 1.22 bits per heavy atom. The summed E-state index contributed by atoms with van der Waals surface area (Å²) in [5, 5.41) is 0. The maximum atomic E-state index is 6.18. The van der Waals surface area contributed by atoms with E-state index in [4.69, 9.17) is 9.47 Å². The highest BCUT2D eigenvalue weighted by Crippen LogP contribution is 2.37. The van der Waals surface area contributed by atoms with Crippen molar-refractivity contribution in [1.29, 1.82) is 0 Å². The first-order valence-electron chi connectivity index (χ1n) is 8.06. The fraction of sp³-hybridized carbons (Fsp3) is 0.471. The quantitative estimate of drug-likeness (QED) is 0.865. The van der Waals surface area contributed by atoms with E-state index in [-0.39, 0.29) is 11.7 Å². The van der Waals surface area contributed by atoms with Crippen LogP contribution in [0.25, 0.3) is 0 Å². The van der Waals surface area contributed by atoms with Crippen LogP contribution in [0.4, 0.5) is 5.69 Å². The lowest BCUT2D eigenvalue weighted by Gasteiger charge is -2.40. The van der Waals surface area contributed by atoms with Gasteiger partial charge in [0.05, 0.1) is 24.1 Å². The highest BCUT2D eigenvalue weighted by molar-refractivity contribution is 5.44. The van der Waals surface area contributed by atoms with Crippen molar-refractivity contribution in [1.82, 2.24) is 15.0 Å². The number of piperidine rings is 1. The molecule has 2 saturated heterocycles. The predicted octanol–water partition coefficient (Wildman–Crippen LogP) is 2.08. The lowest BCUT2D eigenvalue weighted by molar-refractivity contribution is -0.00829. The molecule has 23 heavy (non-hydrogen) atoms. The van der Waals surface area contributed by atoms with E-state index in [0.29, 0.717) is 12.6 Å². The van der Waals surface area contributed by atoms with Gasteiger partial charge in [0.1, 0.15) is 6.10 Å². The zero-order valence-corrected chi connectivity index (χ0v) is 13.0. The molecule has 0 bridgehead atoms. The van der Waals surface area contributed by atoms with Crippen LogP contribution in [0.15, 0.2) is 43.0 Å². The van der Waals surface area contributed by atoms with Gasteiger partial charge < -0.3 is 14.4 Å². The number of anilines is 1. The fourth-order valence-corrected chi connectivity index (χ4v) is 3.52. The van der Waals surface area contributed by atoms with Crippen LogP contribution in [-0.2, 0) is 4.74 Å². The van der Waals surface area contributed by atoms with Crippen LogP contribution in [0.3, 0.4) is 0 Å². The average molecular weight is 312 g/mol. The molecule has 2 aliphatic rings. The highest BCUT2D eigenvalue weighted by Gasteiger charge is 2.44. The summed E-state index contributed by atoms with van der Waals surface area (Å²) in [5.41, 5.74) is 1.03. The number of aromatic nitrogens is 3. The molecule has 0 saturated carbocycles. The zero-order chi connectivity index (χ0) is 15.5. The first-order chi connectivity index (χ1) is 11.3. The Bertz CT molecular complexity index is 640. The molecular weight excluding hydrogens is 292 g/mol. The van der Waals surface area contributed by atoms with Gasteiger partial charge in [-0.3, -0.25) is 4.98 Å². The molecular formula is C17H20N4O2. The molecule has 2 aliphatic heterocycles. The summed E-state index contributed by atoms with van der Waals surface area (Å²) in [6, 6.07) is 6.29. The van der Waals surface area contributed by atoms with Crippen LogP contribution in [0.2, 0.25) is 0 Å². The SMILES string of the molecule is c1cnc(OC2COC3(CCCN(c4cccnc4)C3)C2)nc1. The van der Waals surface area contributed by atoms with Crippen molar-refractivity contribution in [2.75, 3.05) is 24.6 Å². The largest absolute Gasteiger partial charge is 0.458 e. The monoisotopic (exact) mass is 312 g/mol. The third-order valence-electron chi connectivity index (χ3n) is 4.54. The van der Waals surface area contributed by atoms with Crippen molar-refractivity contribution >= 4 is 5.69 Å². The van der Waals surface area contributed by atoms with Crippen LogP contribution in [-0.4, -0.2) is 46.4 Å². The maximum absolute atomic E-state index is 6.18. The summed E-state index contributed by atoms with van der Waals surface area (Å²) in [4.78, 5) is 14.8. The molecule has 0 N–H and O–H groups in total. The molecule has 0 aliphatic carbocycles. The standard InChI is InChI=1S/C17H20N4O2/c1-4-14(11-18-6-1)21-9-2-5-17(13-21)10-15(12-22-17)23-16-19-7-3-8-20-16/h1,3-4,6-8,11,15H,2,5,9-10,12-13H2. The van der Waals surface area contributed by atoms with Crippen molar-refractivity contribution in [2.24, 2.45) is 0 Å². The van der Waals surface area contributed by atoms with E-state index in [1.165, 1.54) is 0 Å². The van der Waals surface area contributed by atoms with Gasteiger partial charge >= 0.3 is 6.01 Å². The minimum absolute atomic E-state index is 0.0197. The minimum Gasteiger partial charge on any atom is -0.458 e. The van der Waals surface area contributed by atoms with Gasteiger partial charge in [-0.1, -0.05) is 0 Å². The number of ether oxygens (including phenoxy) is 2. The zero-order valence-electron chi connectivity index (χ0n) is 13.0. The number of rotatable bonds is 3. The summed E-state index contributed by atoms with van der Waals surface area (Å²) in [5.74, 6) is 0. The van der Waals surface area contributed by atoms with Gasteiger partial charge in [0, 0.05) is 38.1 Å². The fourth-order valence-electron chi connectivity index (χ4n) is 3.52. The molecule has 2 fully saturated rings. The summed E-state index contributed by atoms with van der Waals surface area (Å²) in [7, 11) is 0. The second-order valence-corrected chi connectivity index (χ2v) is 6.21. The Balaban J connectivity index is 1.43. The van der Waals surface area contributed by atoms with Gasteiger partial charge in [0.15, 0.2) is 0 Å². The molecule has 2 aromatic heterocycles. The highest BCUT2D eigenvalue weighted by atomic mass is 16.6. The van der Waals surface area contributed by atoms with E-state index >= 15 is 0 Å². The Hall–Kier alpha value is -2.21. The van der Waals surface area contributed by atoms with E-state index in [1.54, 1.807) is 24.7 Å². The molecule has 2 aromatic rings. The van der Waals surface area contributed by atoms with Crippen molar-refractivity contribution in [3.8, 4) is 6.01 Å². The number of hydrogen-bond donors (Lipinski definition) is 0. The number of pyridine rings is 1. The lowest BCUT2D eigenvalue weighted by atomic mass is 9.89. The van der Waals surface area contributed by atoms with Gasteiger partial charge in [0.2, 0.25) is 0 Å².